The lowest BCUT2D eigenvalue weighted by molar-refractivity contribution is 0.0977. The molecule has 1 heterocycles. The minimum Gasteiger partial charge on any atom is -0.388 e. The first-order valence-electron chi connectivity index (χ1n) is 6.90. The van der Waals surface area contributed by atoms with Crippen LogP contribution >= 0.6 is 11.8 Å². The van der Waals surface area contributed by atoms with E-state index in [1.165, 1.54) is 11.4 Å². The van der Waals surface area contributed by atoms with Crippen LogP contribution < -0.4 is 0 Å². The number of aliphatic hydroxyl groups is 1. The van der Waals surface area contributed by atoms with Crippen LogP contribution in [0.15, 0.2) is 12.3 Å². The molecule has 0 aliphatic heterocycles. The summed E-state index contributed by atoms with van der Waals surface area (Å²) in [5, 5.41) is 10.2. The van der Waals surface area contributed by atoms with Crippen molar-refractivity contribution < 1.29 is 5.11 Å². The summed E-state index contributed by atoms with van der Waals surface area (Å²) in [5.41, 5.74) is 2.71. The second kappa shape index (κ2) is 5.30. The van der Waals surface area contributed by atoms with Crippen molar-refractivity contribution in [3.8, 4) is 0 Å². The Morgan fingerprint density at radius 3 is 2.94 bits per heavy atom. The van der Waals surface area contributed by atoms with Gasteiger partial charge in [-0.05, 0) is 37.0 Å². The van der Waals surface area contributed by atoms with E-state index >= 15 is 0 Å². The fraction of sp³-hybridized carbons (Fsp3) is 0.733. The lowest BCUT2D eigenvalue weighted by Gasteiger charge is -2.34. The van der Waals surface area contributed by atoms with E-state index in [1.807, 2.05) is 11.8 Å². The summed E-state index contributed by atoms with van der Waals surface area (Å²) in [6.45, 7) is 8.98. The van der Waals surface area contributed by atoms with Crippen LogP contribution in [-0.4, -0.2) is 21.2 Å². The number of nitrogens with zero attached hydrogens (tertiary/aromatic N) is 1. The van der Waals surface area contributed by atoms with Gasteiger partial charge < -0.3 is 9.67 Å². The van der Waals surface area contributed by atoms with E-state index in [2.05, 4.69) is 44.5 Å². The maximum atomic E-state index is 10.2. The van der Waals surface area contributed by atoms with Crippen LogP contribution in [0.4, 0.5) is 0 Å². The average molecular weight is 267 g/mol. The molecule has 102 valence electrons. The molecule has 0 fully saturated rings. The molecule has 0 aromatic carbocycles. The first kappa shape index (κ1) is 14.0. The molecule has 2 unspecified atom stereocenters. The Labute approximate surface area is 115 Å². The smallest absolute Gasteiger partial charge is 0.0812 e. The molecule has 0 spiro atoms. The van der Waals surface area contributed by atoms with Crippen LogP contribution in [0.2, 0.25) is 0 Å². The lowest BCUT2D eigenvalue weighted by atomic mass is 9.75. The summed E-state index contributed by atoms with van der Waals surface area (Å²) in [6, 6.07) is 2.63. The highest BCUT2D eigenvalue weighted by Gasteiger charge is 2.33. The van der Waals surface area contributed by atoms with E-state index in [0.717, 1.165) is 24.2 Å². The monoisotopic (exact) mass is 267 g/mol. The predicted octanol–water partition coefficient (Wildman–Crippen LogP) is 3.81. The molecule has 1 aromatic heterocycles. The van der Waals surface area contributed by atoms with E-state index in [-0.39, 0.29) is 11.5 Å². The van der Waals surface area contributed by atoms with Crippen molar-refractivity contribution in [3.05, 3.63) is 23.5 Å². The second-order valence-corrected chi connectivity index (χ2v) is 7.51. The highest BCUT2D eigenvalue weighted by Crippen LogP contribution is 2.41. The van der Waals surface area contributed by atoms with Gasteiger partial charge in [0, 0.05) is 29.2 Å². The van der Waals surface area contributed by atoms with Crippen LogP contribution in [-0.2, 0) is 6.42 Å². The van der Waals surface area contributed by atoms with E-state index in [0.29, 0.717) is 6.04 Å². The summed E-state index contributed by atoms with van der Waals surface area (Å²) in [5.74, 6) is 2.32. The number of thioether (sulfide) groups is 1. The van der Waals surface area contributed by atoms with Gasteiger partial charge in [0.1, 0.15) is 0 Å². The molecule has 2 rings (SSSR count). The molecule has 2 nitrogen and oxygen atoms in total. The summed E-state index contributed by atoms with van der Waals surface area (Å²) >= 11 is 1.98. The number of rotatable bonds is 4. The Balaban J connectivity index is 2.25. The van der Waals surface area contributed by atoms with E-state index in [9.17, 15) is 5.11 Å². The molecule has 0 radical (unpaired) electrons. The lowest BCUT2D eigenvalue weighted by Crippen LogP contribution is -2.27. The van der Waals surface area contributed by atoms with Gasteiger partial charge in [0.15, 0.2) is 0 Å². The first-order valence-corrected chi connectivity index (χ1v) is 8.05. The van der Waals surface area contributed by atoms with Gasteiger partial charge in [0.25, 0.3) is 0 Å². The van der Waals surface area contributed by atoms with Gasteiger partial charge in [-0.15, -0.1) is 0 Å². The van der Waals surface area contributed by atoms with Gasteiger partial charge in [-0.2, -0.15) is 11.8 Å². The largest absolute Gasteiger partial charge is 0.388 e. The van der Waals surface area contributed by atoms with Crippen LogP contribution in [0.3, 0.4) is 0 Å². The molecular formula is C15H25NOS. The molecule has 1 aromatic rings. The molecule has 0 amide bonds. The van der Waals surface area contributed by atoms with E-state index in [4.69, 9.17) is 0 Å². The average Bonchev–Trinajstić information content (AvgIpc) is 2.68. The normalized spacial score (nSPS) is 23.7. The summed E-state index contributed by atoms with van der Waals surface area (Å²) in [4.78, 5) is 0. The van der Waals surface area contributed by atoms with Crippen molar-refractivity contribution in [2.24, 2.45) is 5.41 Å². The molecule has 3 heteroatoms. The van der Waals surface area contributed by atoms with E-state index in [1.54, 1.807) is 0 Å². The number of aliphatic hydroxyl groups excluding tert-OH is 1. The molecule has 18 heavy (non-hydrogen) atoms. The maximum Gasteiger partial charge on any atom is 0.0812 e. The number of hydrogen-bond acceptors (Lipinski definition) is 2. The quantitative estimate of drug-likeness (QED) is 0.897. The van der Waals surface area contributed by atoms with Gasteiger partial charge in [-0.1, -0.05) is 20.8 Å². The fourth-order valence-corrected chi connectivity index (χ4v) is 3.67. The highest BCUT2D eigenvalue weighted by atomic mass is 32.2. The van der Waals surface area contributed by atoms with Crippen LogP contribution in [0.25, 0.3) is 0 Å². The highest BCUT2D eigenvalue weighted by molar-refractivity contribution is 7.99. The van der Waals surface area contributed by atoms with Gasteiger partial charge in [0.05, 0.1) is 6.10 Å². The minimum atomic E-state index is -0.281. The summed E-state index contributed by atoms with van der Waals surface area (Å²) < 4.78 is 2.38. The van der Waals surface area contributed by atoms with Gasteiger partial charge in [-0.3, -0.25) is 0 Å². The van der Waals surface area contributed by atoms with Gasteiger partial charge >= 0.3 is 0 Å². The Morgan fingerprint density at radius 2 is 2.28 bits per heavy atom. The second-order valence-electron chi connectivity index (χ2n) is 6.19. The molecular weight excluding hydrogens is 242 g/mol. The third kappa shape index (κ3) is 2.77. The summed E-state index contributed by atoms with van der Waals surface area (Å²) in [7, 11) is 0. The minimum absolute atomic E-state index is 0.208. The third-order valence-electron chi connectivity index (χ3n) is 3.85. The van der Waals surface area contributed by atoms with E-state index < -0.39 is 0 Å². The zero-order valence-corrected chi connectivity index (χ0v) is 12.8. The maximum absolute atomic E-state index is 10.2. The Morgan fingerprint density at radius 1 is 1.56 bits per heavy atom. The SMILES string of the molecule is CCSCC(C)n1ccc2c1CC(C)(C)CC2O. The van der Waals surface area contributed by atoms with Crippen molar-refractivity contribution in [1.82, 2.24) is 4.57 Å². The molecule has 1 aliphatic carbocycles. The predicted molar refractivity (Wildman–Crippen MR) is 79.2 cm³/mol. The fourth-order valence-electron chi connectivity index (χ4n) is 2.93. The standard InChI is InChI=1S/C15H25NOS/c1-5-18-10-11(2)16-7-6-12-13(16)8-15(3,4)9-14(12)17/h6-7,11,14,17H,5,8-10H2,1-4H3. The van der Waals surface area contributed by atoms with Crippen molar-refractivity contribution in [2.45, 2.75) is 52.7 Å². The Hall–Kier alpha value is -0.410. The molecule has 0 saturated heterocycles. The number of fused-ring (bicyclic) bond motifs is 1. The van der Waals surface area contributed by atoms with Crippen LogP contribution in [0, 0.1) is 5.41 Å². The molecule has 0 saturated carbocycles. The van der Waals surface area contributed by atoms with Crippen LogP contribution in [0.5, 0.6) is 0 Å². The number of aromatic nitrogens is 1. The van der Waals surface area contributed by atoms with Gasteiger partial charge in [-0.25, -0.2) is 0 Å². The van der Waals surface area contributed by atoms with Crippen LogP contribution in [0.1, 0.15) is 57.5 Å². The van der Waals surface area contributed by atoms with Crippen molar-refractivity contribution >= 4 is 11.8 Å². The molecule has 0 bridgehead atoms. The Bertz CT molecular complexity index is 411. The molecule has 1 N–H and O–H groups in total. The zero-order chi connectivity index (χ0) is 13.3. The number of hydrogen-bond donors (Lipinski definition) is 1. The molecule has 1 aliphatic rings. The van der Waals surface area contributed by atoms with Gasteiger partial charge in [0.2, 0.25) is 0 Å². The van der Waals surface area contributed by atoms with Crippen molar-refractivity contribution in [3.63, 3.8) is 0 Å². The topological polar surface area (TPSA) is 25.2 Å². The first-order chi connectivity index (χ1) is 8.44. The zero-order valence-electron chi connectivity index (χ0n) is 11.9. The third-order valence-corrected chi connectivity index (χ3v) is 4.97. The Kier molecular flexibility index (Phi) is 4.12. The van der Waals surface area contributed by atoms with Crippen molar-refractivity contribution in [1.29, 1.82) is 0 Å². The summed E-state index contributed by atoms with van der Waals surface area (Å²) in [6.07, 6.45) is 3.84. The van der Waals surface area contributed by atoms with Crippen molar-refractivity contribution in [2.75, 3.05) is 11.5 Å². The molecule has 2 atom stereocenters.